The van der Waals surface area contributed by atoms with Gasteiger partial charge in [0.2, 0.25) is 0 Å². The van der Waals surface area contributed by atoms with Gasteiger partial charge in [-0.3, -0.25) is 0 Å². The van der Waals surface area contributed by atoms with Crippen molar-refractivity contribution < 1.29 is 13.2 Å². The van der Waals surface area contributed by atoms with Gasteiger partial charge in [-0.05, 0) is 36.6 Å². The molecule has 0 aliphatic rings. The summed E-state index contributed by atoms with van der Waals surface area (Å²) in [6.07, 6.45) is -1.80. The average molecular weight is 293 g/mol. The highest BCUT2D eigenvalue weighted by atomic mass is 19.3. The molecule has 0 saturated carbocycles. The Hall–Kier alpha value is -1.81. The van der Waals surface area contributed by atoms with Crippen LogP contribution < -0.4 is 5.32 Å². The zero-order chi connectivity index (χ0) is 15.1. The van der Waals surface area contributed by atoms with E-state index >= 15 is 0 Å². The van der Waals surface area contributed by atoms with E-state index in [0.717, 1.165) is 5.56 Å². The second-order valence-corrected chi connectivity index (χ2v) is 4.93. The van der Waals surface area contributed by atoms with E-state index in [9.17, 15) is 13.2 Å². The van der Waals surface area contributed by atoms with Crippen molar-refractivity contribution in [2.24, 2.45) is 0 Å². The number of rotatable bonds is 7. The van der Waals surface area contributed by atoms with Crippen LogP contribution in [0.5, 0.6) is 0 Å². The Labute approximate surface area is 122 Å². The van der Waals surface area contributed by atoms with Gasteiger partial charge in [-0.1, -0.05) is 48.5 Å². The van der Waals surface area contributed by atoms with Crippen LogP contribution in [0, 0.1) is 5.82 Å². The molecule has 1 unspecified atom stereocenters. The lowest BCUT2D eigenvalue weighted by Crippen LogP contribution is -2.38. The molecule has 21 heavy (non-hydrogen) atoms. The molecule has 0 bridgehead atoms. The highest BCUT2D eigenvalue weighted by molar-refractivity contribution is 5.18. The summed E-state index contributed by atoms with van der Waals surface area (Å²) in [5.74, 6) is -0.295. The lowest BCUT2D eigenvalue weighted by Gasteiger charge is -2.18. The monoisotopic (exact) mass is 293 g/mol. The Balaban J connectivity index is 1.87. The molecule has 0 heterocycles. The van der Waals surface area contributed by atoms with Crippen molar-refractivity contribution in [3.05, 3.63) is 71.5 Å². The second kappa shape index (κ2) is 7.84. The minimum Gasteiger partial charge on any atom is -0.308 e. The van der Waals surface area contributed by atoms with Crippen LogP contribution in [0.3, 0.4) is 0 Å². The van der Waals surface area contributed by atoms with Gasteiger partial charge in [0.15, 0.2) is 0 Å². The van der Waals surface area contributed by atoms with Gasteiger partial charge >= 0.3 is 0 Å². The zero-order valence-corrected chi connectivity index (χ0v) is 11.6. The molecular formula is C17H18F3N. The van der Waals surface area contributed by atoms with E-state index in [1.54, 1.807) is 18.2 Å². The first-order valence-electron chi connectivity index (χ1n) is 6.95. The summed E-state index contributed by atoms with van der Waals surface area (Å²) in [6.45, 7) is 0.322. The first kappa shape index (κ1) is 15.6. The van der Waals surface area contributed by atoms with E-state index in [-0.39, 0.29) is 12.2 Å². The Bertz CT molecular complexity index is 543. The van der Waals surface area contributed by atoms with Gasteiger partial charge < -0.3 is 5.32 Å². The summed E-state index contributed by atoms with van der Waals surface area (Å²) < 4.78 is 39.6. The van der Waals surface area contributed by atoms with Crippen LogP contribution in [0.1, 0.15) is 11.1 Å². The summed E-state index contributed by atoms with van der Waals surface area (Å²) in [7, 11) is 0. The van der Waals surface area contributed by atoms with Crippen molar-refractivity contribution in [3.8, 4) is 0 Å². The molecule has 2 rings (SSSR count). The maximum Gasteiger partial charge on any atom is 0.254 e. The Morgan fingerprint density at radius 3 is 2.24 bits per heavy atom. The summed E-state index contributed by atoms with van der Waals surface area (Å²) in [4.78, 5) is 0. The molecule has 2 aromatic carbocycles. The topological polar surface area (TPSA) is 12.0 Å². The maximum atomic E-state index is 13.4. The zero-order valence-electron chi connectivity index (χ0n) is 11.6. The van der Waals surface area contributed by atoms with Crippen LogP contribution in [0.25, 0.3) is 0 Å². The largest absolute Gasteiger partial charge is 0.308 e. The van der Waals surface area contributed by atoms with Crippen molar-refractivity contribution in [1.29, 1.82) is 0 Å². The number of halogens is 3. The molecule has 1 N–H and O–H groups in total. The first-order valence-corrected chi connectivity index (χ1v) is 6.95. The molecule has 0 aliphatic heterocycles. The fourth-order valence-corrected chi connectivity index (χ4v) is 2.21. The normalized spacial score (nSPS) is 12.6. The third-order valence-corrected chi connectivity index (χ3v) is 3.36. The van der Waals surface area contributed by atoms with Gasteiger partial charge in [0.05, 0.1) is 6.04 Å². The molecule has 0 fully saturated rings. The van der Waals surface area contributed by atoms with Crippen molar-refractivity contribution in [3.63, 3.8) is 0 Å². The van der Waals surface area contributed by atoms with Gasteiger partial charge in [0, 0.05) is 0 Å². The van der Waals surface area contributed by atoms with Gasteiger partial charge in [0.25, 0.3) is 6.43 Å². The van der Waals surface area contributed by atoms with Crippen LogP contribution in [-0.4, -0.2) is 19.0 Å². The smallest absolute Gasteiger partial charge is 0.254 e. The number of benzene rings is 2. The van der Waals surface area contributed by atoms with Crippen molar-refractivity contribution in [2.75, 3.05) is 6.54 Å². The second-order valence-electron chi connectivity index (χ2n) is 4.93. The molecule has 0 aliphatic carbocycles. The Morgan fingerprint density at radius 1 is 0.905 bits per heavy atom. The fourth-order valence-electron chi connectivity index (χ4n) is 2.21. The number of alkyl halides is 2. The van der Waals surface area contributed by atoms with E-state index in [2.05, 4.69) is 5.32 Å². The maximum absolute atomic E-state index is 13.4. The van der Waals surface area contributed by atoms with Crippen LogP contribution in [0.4, 0.5) is 13.2 Å². The van der Waals surface area contributed by atoms with Crippen molar-refractivity contribution in [1.82, 2.24) is 5.32 Å². The molecule has 1 nitrogen and oxygen atoms in total. The third-order valence-electron chi connectivity index (χ3n) is 3.36. The highest BCUT2D eigenvalue weighted by Crippen LogP contribution is 2.11. The van der Waals surface area contributed by atoms with Gasteiger partial charge in [-0.25, -0.2) is 13.2 Å². The lowest BCUT2D eigenvalue weighted by molar-refractivity contribution is 0.0984. The van der Waals surface area contributed by atoms with Crippen molar-refractivity contribution in [2.45, 2.75) is 25.3 Å². The average Bonchev–Trinajstić information content (AvgIpc) is 2.49. The molecule has 112 valence electrons. The molecule has 1 atom stereocenters. The van der Waals surface area contributed by atoms with Crippen LogP contribution in [0.2, 0.25) is 0 Å². The summed E-state index contributed by atoms with van der Waals surface area (Å²) in [5.41, 5.74) is 1.40. The fraction of sp³-hybridized carbons (Fsp3) is 0.294. The summed E-state index contributed by atoms with van der Waals surface area (Å²) in [5, 5.41) is 2.83. The highest BCUT2D eigenvalue weighted by Gasteiger charge is 2.19. The molecule has 4 heteroatoms. The molecule has 2 aromatic rings. The third kappa shape index (κ3) is 4.90. The SMILES string of the molecule is Fc1ccccc1CCNC(Cc1ccccc1)C(F)F. The van der Waals surface area contributed by atoms with E-state index in [1.807, 2.05) is 30.3 Å². The molecule has 0 spiro atoms. The van der Waals surface area contributed by atoms with Crippen molar-refractivity contribution >= 4 is 0 Å². The van der Waals surface area contributed by atoms with Crippen LogP contribution in [-0.2, 0) is 12.8 Å². The van der Waals surface area contributed by atoms with Crippen LogP contribution in [0.15, 0.2) is 54.6 Å². The molecule has 0 aromatic heterocycles. The number of nitrogens with one attached hydrogen (secondary N) is 1. The summed E-state index contributed by atoms with van der Waals surface area (Å²) in [6, 6.07) is 14.7. The van der Waals surface area contributed by atoms with Gasteiger partial charge in [-0.15, -0.1) is 0 Å². The van der Waals surface area contributed by atoms with E-state index in [1.165, 1.54) is 6.07 Å². The Kier molecular flexibility index (Phi) is 5.81. The molecular weight excluding hydrogens is 275 g/mol. The van der Waals surface area contributed by atoms with E-state index in [4.69, 9.17) is 0 Å². The predicted octanol–water partition coefficient (Wildman–Crippen LogP) is 3.83. The van der Waals surface area contributed by atoms with Crippen LogP contribution >= 0.6 is 0 Å². The summed E-state index contributed by atoms with van der Waals surface area (Å²) >= 11 is 0. The first-order chi connectivity index (χ1) is 10.2. The standard InChI is InChI=1S/C17H18F3N/c18-15-9-5-4-8-14(15)10-11-21-16(17(19)20)12-13-6-2-1-3-7-13/h1-9,16-17,21H,10-12H2. The number of hydrogen-bond donors (Lipinski definition) is 1. The molecule has 0 saturated heterocycles. The van der Waals surface area contributed by atoms with Gasteiger partial charge in [-0.2, -0.15) is 0 Å². The number of hydrogen-bond acceptors (Lipinski definition) is 1. The van der Waals surface area contributed by atoms with E-state index in [0.29, 0.717) is 18.5 Å². The molecule has 0 amide bonds. The minimum atomic E-state index is -2.45. The Morgan fingerprint density at radius 2 is 1.57 bits per heavy atom. The van der Waals surface area contributed by atoms with E-state index < -0.39 is 12.5 Å². The van der Waals surface area contributed by atoms with Gasteiger partial charge in [0.1, 0.15) is 5.82 Å². The lowest BCUT2D eigenvalue weighted by atomic mass is 10.1. The molecule has 0 radical (unpaired) electrons. The minimum absolute atomic E-state index is 0.260. The quantitative estimate of drug-likeness (QED) is 0.818. The predicted molar refractivity (Wildman–Crippen MR) is 78.0 cm³/mol.